The first-order chi connectivity index (χ1) is 13.3. The number of Topliss-reactive ketones (excluding diaryl/α,β-unsaturated/α-hetero) is 1. The van der Waals surface area contributed by atoms with E-state index < -0.39 is 44.8 Å². The molecule has 0 aliphatic carbocycles. The van der Waals surface area contributed by atoms with Crippen molar-refractivity contribution in [1.82, 2.24) is 0 Å². The van der Waals surface area contributed by atoms with Crippen LogP contribution >= 0.6 is 0 Å². The number of hydrogen-bond acceptors (Lipinski definition) is 8. The fourth-order valence-corrected chi connectivity index (χ4v) is 3.90. The van der Waals surface area contributed by atoms with Crippen LogP contribution in [0.5, 0.6) is 0 Å². The molecule has 0 spiro atoms. The van der Waals surface area contributed by atoms with E-state index in [2.05, 4.69) is 0 Å². The van der Waals surface area contributed by atoms with E-state index in [0.29, 0.717) is 0 Å². The van der Waals surface area contributed by atoms with Gasteiger partial charge in [0, 0.05) is 6.42 Å². The van der Waals surface area contributed by atoms with E-state index in [-0.39, 0.29) is 54.9 Å². The molecule has 30 heavy (non-hydrogen) atoms. The third-order valence-electron chi connectivity index (χ3n) is 4.60. The summed E-state index contributed by atoms with van der Waals surface area (Å²) in [4.78, 5) is 21.3. The van der Waals surface area contributed by atoms with Crippen LogP contribution in [-0.2, 0) is 31.1 Å². The van der Waals surface area contributed by atoms with Crippen molar-refractivity contribution < 1.29 is 32.4 Å². The van der Waals surface area contributed by atoms with Crippen LogP contribution < -0.4 is 11.5 Å². The van der Waals surface area contributed by atoms with E-state index in [1.54, 1.807) is 38.1 Å². The summed E-state index contributed by atoms with van der Waals surface area (Å²) in [5.74, 6) is -3.10. The zero-order valence-corrected chi connectivity index (χ0v) is 17.6. The molecule has 166 valence electrons. The number of nitrogens with two attached hydrogens (primary N) is 2. The fourth-order valence-electron chi connectivity index (χ4n) is 2.92. The standard InChI is InChI=1S/C19H30N2O7S.Na.H/c1-12(2)9-15(20)18(23)19(24,29(25,26)27)17(21)13(3)10-16(22)28-11-14-7-5-4-6-8-14;;/h4-8,12-13,15,17,24H,9-11,20-21H2,1-3H3,(H,25,26,27);;/t13?,15-,17?,19?;;/m1../s1. The molecule has 0 saturated carbocycles. The monoisotopic (exact) mass is 454 g/mol. The Morgan fingerprint density at radius 2 is 1.67 bits per heavy atom. The number of benzene rings is 1. The van der Waals surface area contributed by atoms with Crippen molar-refractivity contribution in [2.45, 2.75) is 57.2 Å². The van der Waals surface area contributed by atoms with Gasteiger partial charge in [-0.05, 0) is 23.8 Å². The molecule has 1 aromatic carbocycles. The van der Waals surface area contributed by atoms with Crippen LogP contribution in [0.1, 0.15) is 39.2 Å². The van der Waals surface area contributed by atoms with E-state index >= 15 is 0 Å². The van der Waals surface area contributed by atoms with Crippen LogP contribution in [0.2, 0.25) is 0 Å². The van der Waals surface area contributed by atoms with Gasteiger partial charge in [0.2, 0.25) is 5.78 Å². The normalized spacial score (nSPS) is 16.7. The minimum atomic E-state index is -5.33. The van der Waals surface area contributed by atoms with Gasteiger partial charge >= 0.3 is 45.6 Å². The zero-order chi connectivity index (χ0) is 22.4. The summed E-state index contributed by atoms with van der Waals surface area (Å²) in [6.07, 6.45) is -0.296. The number of carbonyl (C=O) groups is 2. The molecular formula is C19H31N2NaO7S. The molecule has 0 saturated heterocycles. The molecule has 0 aliphatic heterocycles. The molecule has 0 radical (unpaired) electrons. The van der Waals surface area contributed by atoms with E-state index in [0.717, 1.165) is 5.56 Å². The molecular weight excluding hydrogens is 423 g/mol. The Balaban J connectivity index is 0.00000841. The molecule has 11 heteroatoms. The Kier molecular flexibility index (Phi) is 11.9. The van der Waals surface area contributed by atoms with Crippen LogP contribution in [0.25, 0.3) is 0 Å². The van der Waals surface area contributed by atoms with Gasteiger partial charge in [-0.15, -0.1) is 0 Å². The Morgan fingerprint density at radius 3 is 2.13 bits per heavy atom. The number of carbonyl (C=O) groups excluding carboxylic acids is 2. The molecule has 0 bridgehead atoms. The Labute approximate surface area is 199 Å². The first kappa shape index (κ1) is 29.1. The van der Waals surface area contributed by atoms with Crippen LogP contribution in [0.3, 0.4) is 0 Å². The van der Waals surface area contributed by atoms with Crippen molar-refractivity contribution in [2.75, 3.05) is 0 Å². The number of hydrogen-bond donors (Lipinski definition) is 4. The molecule has 0 aliphatic rings. The average Bonchev–Trinajstić information content (AvgIpc) is 2.63. The van der Waals surface area contributed by atoms with Gasteiger partial charge in [0.15, 0.2) is 0 Å². The number of aliphatic hydroxyl groups is 1. The van der Waals surface area contributed by atoms with Crippen molar-refractivity contribution in [3.05, 3.63) is 35.9 Å². The van der Waals surface area contributed by atoms with E-state index in [1.165, 1.54) is 6.92 Å². The van der Waals surface area contributed by atoms with Gasteiger partial charge in [-0.2, -0.15) is 8.42 Å². The van der Waals surface area contributed by atoms with Crippen LogP contribution in [0.15, 0.2) is 30.3 Å². The first-order valence-corrected chi connectivity index (χ1v) is 10.7. The summed E-state index contributed by atoms with van der Waals surface area (Å²) in [7, 11) is -5.33. The average molecular weight is 455 g/mol. The number of esters is 1. The van der Waals surface area contributed by atoms with E-state index in [9.17, 15) is 27.7 Å². The minimum absolute atomic E-state index is 0. The summed E-state index contributed by atoms with van der Waals surface area (Å²) in [6, 6.07) is 5.73. The molecule has 0 amide bonds. The number of ketones is 1. The molecule has 0 heterocycles. The van der Waals surface area contributed by atoms with E-state index in [4.69, 9.17) is 16.2 Å². The maximum absolute atomic E-state index is 12.6. The SMILES string of the molecule is CC(C)C[C@@H](N)C(=O)C(O)(C(N)C(C)CC(=O)OCc1ccccc1)S(=O)(=O)O.[NaH]. The van der Waals surface area contributed by atoms with Gasteiger partial charge in [-0.25, -0.2) is 0 Å². The Hall–Kier alpha value is -0.850. The maximum atomic E-state index is 12.6. The summed E-state index contributed by atoms with van der Waals surface area (Å²) in [5, 5.41) is 10.6. The van der Waals surface area contributed by atoms with Crippen molar-refractivity contribution in [3.8, 4) is 0 Å². The first-order valence-electron chi connectivity index (χ1n) is 9.25. The summed E-state index contributed by atoms with van der Waals surface area (Å²) in [6.45, 7) is 4.88. The van der Waals surface area contributed by atoms with Crippen molar-refractivity contribution in [1.29, 1.82) is 0 Å². The van der Waals surface area contributed by atoms with Crippen LogP contribution in [0, 0.1) is 11.8 Å². The molecule has 1 rings (SSSR count). The van der Waals surface area contributed by atoms with Crippen LogP contribution in [0.4, 0.5) is 0 Å². The van der Waals surface area contributed by atoms with Gasteiger partial charge in [0.05, 0.1) is 12.1 Å². The van der Waals surface area contributed by atoms with Gasteiger partial charge in [0.1, 0.15) is 6.61 Å². The summed E-state index contributed by atoms with van der Waals surface area (Å²) < 4.78 is 38.4. The van der Waals surface area contributed by atoms with E-state index in [1.807, 2.05) is 6.07 Å². The van der Waals surface area contributed by atoms with Gasteiger partial charge in [-0.3, -0.25) is 14.1 Å². The quantitative estimate of drug-likeness (QED) is 0.203. The van der Waals surface area contributed by atoms with Gasteiger partial charge in [0.25, 0.3) is 4.93 Å². The molecule has 1 aromatic rings. The van der Waals surface area contributed by atoms with Gasteiger partial charge in [-0.1, -0.05) is 51.1 Å². The molecule has 4 atom stereocenters. The molecule has 6 N–H and O–H groups in total. The molecule has 0 aromatic heterocycles. The van der Waals surface area contributed by atoms with Crippen molar-refractivity contribution >= 4 is 51.4 Å². The predicted molar refractivity (Wildman–Crippen MR) is 114 cm³/mol. The number of rotatable bonds is 11. The Bertz CT molecular complexity index is 804. The summed E-state index contributed by atoms with van der Waals surface area (Å²) in [5.41, 5.74) is 12.3. The fraction of sp³-hybridized carbons (Fsp3) is 0.579. The molecule has 9 nitrogen and oxygen atoms in total. The van der Waals surface area contributed by atoms with Gasteiger partial charge < -0.3 is 21.3 Å². The molecule has 0 fully saturated rings. The second kappa shape index (κ2) is 12.3. The van der Waals surface area contributed by atoms with Crippen molar-refractivity contribution in [3.63, 3.8) is 0 Å². The Morgan fingerprint density at radius 1 is 1.13 bits per heavy atom. The second-order valence-electron chi connectivity index (χ2n) is 7.63. The van der Waals surface area contributed by atoms with Crippen molar-refractivity contribution in [2.24, 2.45) is 23.3 Å². The number of ether oxygens (including phenoxy) is 1. The predicted octanol–water partition coefficient (Wildman–Crippen LogP) is -0.0463. The molecule has 3 unspecified atom stereocenters. The second-order valence-corrected chi connectivity index (χ2v) is 9.20. The zero-order valence-electron chi connectivity index (χ0n) is 16.8. The third kappa shape index (κ3) is 7.69. The topological polar surface area (TPSA) is 170 Å². The van der Waals surface area contributed by atoms with Crippen LogP contribution in [-0.4, -0.2) is 76.4 Å². The summed E-state index contributed by atoms with van der Waals surface area (Å²) >= 11 is 0. The third-order valence-corrected chi connectivity index (χ3v) is 5.86.